The molecule has 2 aromatic carbocycles. The summed E-state index contributed by atoms with van der Waals surface area (Å²) in [6.07, 6.45) is 0. The molecular formula is C13H13N2O+. The van der Waals surface area contributed by atoms with Crippen LogP contribution in [-0.2, 0) is 0 Å². The van der Waals surface area contributed by atoms with Crippen molar-refractivity contribution in [2.45, 2.75) is 0 Å². The van der Waals surface area contributed by atoms with Crippen LogP contribution in [0.2, 0.25) is 0 Å². The van der Waals surface area contributed by atoms with Crippen molar-refractivity contribution in [3.05, 3.63) is 65.6 Å². The fraction of sp³-hybridized carbons (Fsp3) is 0.0769. The van der Waals surface area contributed by atoms with Crippen molar-refractivity contribution in [2.24, 2.45) is 5.29 Å². The molecule has 2 rings (SSSR count). The van der Waals surface area contributed by atoms with Crippen molar-refractivity contribution in [1.82, 2.24) is 4.59 Å². The van der Waals surface area contributed by atoms with Crippen LogP contribution in [0, 0.1) is 4.91 Å². The van der Waals surface area contributed by atoms with Crippen LogP contribution in [0.25, 0.3) is 0 Å². The molecule has 0 saturated heterocycles. The zero-order valence-corrected chi connectivity index (χ0v) is 9.08. The summed E-state index contributed by atoms with van der Waals surface area (Å²) in [5.41, 5.74) is 1.70. The van der Waals surface area contributed by atoms with Gasteiger partial charge in [0.05, 0.1) is 0 Å². The normalized spacial score (nSPS) is 11.1. The summed E-state index contributed by atoms with van der Waals surface area (Å²) in [5.74, 6) is 0. The van der Waals surface area contributed by atoms with Gasteiger partial charge >= 0.3 is 0 Å². The van der Waals surface area contributed by atoms with Crippen LogP contribution < -0.4 is 4.59 Å². The van der Waals surface area contributed by atoms with Crippen LogP contribution >= 0.6 is 0 Å². The van der Waals surface area contributed by atoms with Crippen LogP contribution in [0.4, 0.5) is 11.4 Å². The number of rotatable bonds is 3. The van der Waals surface area contributed by atoms with Gasteiger partial charge in [-0.3, -0.25) is 0 Å². The molecule has 0 aliphatic rings. The van der Waals surface area contributed by atoms with E-state index < -0.39 is 0 Å². The summed E-state index contributed by atoms with van der Waals surface area (Å²) < 4.78 is -0.0817. The van der Waals surface area contributed by atoms with Crippen molar-refractivity contribution in [3.8, 4) is 0 Å². The molecule has 0 aromatic heterocycles. The third kappa shape index (κ3) is 1.73. The van der Waals surface area contributed by atoms with Gasteiger partial charge in [-0.1, -0.05) is 45.9 Å². The van der Waals surface area contributed by atoms with Crippen molar-refractivity contribution in [1.29, 1.82) is 0 Å². The van der Waals surface area contributed by atoms with Gasteiger partial charge in [0.1, 0.15) is 7.05 Å². The second kappa shape index (κ2) is 4.24. The largest absolute Gasteiger partial charge is 0.167 e. The Balaban J connectivity index is 2.53. The minimum absolute atomic E-state index is 0.0817. The summed E-state index contributed by atoms with van der Waals surface area (Å²) in [6.45, 7) is 0. The maximum Gasteiger partial charge on any atom is 0.167 e. The molecule has 0 aliphatic heterocycles. The smallest absolute Gasteiger partial charge is 0.0993 e. The van der Waals surface area contributed by atoms with E-state index in [4.69, 9.17) is 0 Å². The fourth-order valence-corrected chi connectivity index (χ4v) is 1.68. The van der Waals surface area contributed by atoms with E-state index in [1.165, 1.54) is 0 Å². The third-order valence-electron chi connectivity index (χ3n) is 2.68. The number of nitrogens with zero attached hydrogens (tertiary/aromatic N) is 2. The van der Waals surface area contributed by atoms with Gasteiger partial charge in [-0.05, 0) is 0 Å². The first-order valence-electron chi connectivity index (χ1n) is 5.10. The van der Waals surface area contributed by atoms with Gasteiger partial charge in [-0.2, -0.15) is 0 Å². The van der Waals surface area contributed by atoms with Crippen LogP contribution in [0.1, 0.15) is 0 Å². The lowest BCUT2D eigenvalue weighted by molar-refractivity contribution is 0.481. The van der Waals surface area contributed by atoms with Gasteiger partial charge in [0.25, 0.3) is 0 Å². The van der Waals surface area contributed by atoms with Gasteiger partial charge in [-0.25, -0.2) is 0 Å². The van der Waals surface area contributed by atoms with Crippen LogP contribution in [-0.4, -0.2) is 7.05 Å². The van der Waals surface area contributed by atoms with E-state index in [9.17, 15) is 4.91 Å². The molecule has 0 atom stereocenters. The second-order valence-corrected chi connectivity index (χ2v) is 3.71. The van der Waals surface area contributed by atoms with E-state index >= 15 is 0 Å². The molecule has 0 spiro atoms. The monoisotopic (exact) mass is 213 g/mol. The molecule has 0 aliphatic carbocycles. The number of benzene rings is 2. The Bertz CT molecular complexity index is 428. The maximum absolute atomic E-state index is 11.1. The Morgan fingerprint density at radius 2 is 1.19 bits per heavy atom. The van der Waals surface area contributed by atoms with Crippen LogP contribution in [0.5, 0.6) is 0 Å². The topological polar surface area (TPSA) is 29.4 Å². The van der Waals surface area contributed by atoms with E-state index in [0.717, 1.165) is 11.4 Å². The average molecular weight is 213 g/mol. The minimum atomic E-state index is -0.0817. The first-order chi connectivity index (χ1) is 7.77. The molecule has 80 valence electrons. The van der Waals surface area contributed by atoms with Gasteiger partial charge < -0.3 is 0 Å². The van der Waals surface area contributed by atoms with E-state index in [0.29, 0.717) is 0 Å². The minimum Gasteiger partial charge on any atom is -0.0993 e. The van der Waals surface area contributed by atoms with Crippen molar-refractivity contribution < 1.29 is 0 Å². The summed E-state index contributed by atoms with van der Waals surface area (Å²) in [5, 5.41) is 3.25. The maximum atomic E-state index is 11.1. The van der Waals surface area contributed by atoms with E-state index in [-0.39, 0.29) is 4.59 Å². The molecule has 2 aromatic rings. The highest BCUT2D eigenvalue weighted by Gasteiger charge is 2.29. The molecule has 0 N–H and O–H groups in total. The Morgan fingerprint density at radius 3 is 1.50 bits per heavy atom. The summed E-state index contributed by atoms with van der Waals surface area (Å²) in [4.78, 5) is 11.1. The van der Waals surface area contributed by atoms with Gasteiger partial charge in [0.15, 0.2) is 16.7 Å². The van der Waals surface area contributed by atoms with E-state index in [1.54, 1.807) is 7.05 Å². The van der Waals surface area contributed by atoms with Crippen molar-refractivity contribution in [3.63, 3.8) is 0 Å². The van der Waals surface area contributed by atoms with E-state index in [1.807, 2.05) is 60.7 Å². The van der Waals surface area contributed by atoms with Gasteiger partial charge in [-0.15, -0.1) is 0 Å². The molecule has 3 nitrogen and oxygen atoms in total. The Hall–Kier alpha value is -2.00. The molecule has 0 bridgehead atoms. The zero-order valence-electron chi connectivity index (χ0n) is 9.08. The predicted octanol–water partition coefficient (Wildman–Crippen LogP) is 3.64. The Kier molecular flexibility index (Phi) is 2.79. The molecule has 16 heavy (non-hydrogen) atoms. The molecule has 0 heterocycles. The molecule has 0 fully saturated rings. The van der Waals surface area contributed by atoms with Crippen molar-refractivity contribution in [2.75, 3.05) is 7.05 Å². The molecule has 0 saturated carbocycles. The summed E-state index contributed by atoms with van der Waals surface area (Å²) in [7, 11) is 1.78. The fourth-order valence-electron chi connectivity index (χ4n) is 1.68. The highest BCUT2D eigenvalue weighted by atomic mass is 16.3. The van der Waals surface area contributed by atoms with Crippen LogP contribution in [0.15, 0.2) is 65.9 Å². The number of hydrogen-bond donors (Lipinski definition) is 0. The Morgan fingerprint density at radius 1 is 0.812 bits per heavy atom. The quantitative estimate of drug-likeness (QED) is 0.435. The number of hydrogen-bond acceptors (Lipinski definition) is 2. The zero-order chi connectivity index (χ0) is 11.4. The molecule has 0 unspecified atom stereocenters. The molecular weight excluding hydrogens is 200 g/mol. The Labute approximate surface area is 94.5 Å². The molecule has 0 radical (unpaired) electrons. The number of nitroso groups, excluding NO2 is 1. The molecule has 0 amide bonds. The summed E-state index contributed by atoms with van der Waals surface area (Å²) >= 11 is 0. The van der Waals surface area contributed by atoms with Gasteiger partial charge in [0, 0.05) is 24.3 Å². The second-order valence-electron chi connectivity index (χ2n) is 3.71. The lowest BCUT2D eigenvalue weighted by atomic mass is 10.2. The lowest BCUT2D eigenvalue weighted by Crippen LogP contribution is -2.32. The first-order valence-corrected chi connectivity index (χ1v) is 5.10. The van der Waals surface area contributed by atoms with E-state index in [2.05, 4.69) is 5.29 Å². The van der Waals surface area contributed by atoms with Crippen molar-refractivity contribution >= 4 is 11.4 Å². The number of quaternary nitrogens is 1. The molecule has 3 heteroatoms. The van der Waals surface area contributed by atoms with Gasteiger partial charge in [0.2, 0.25) is 0 Å². The SMILES string of the molecule is C[N+](N=O)(c1ccccc1)c1ccccc1. The average Bonchev–Trinajstić information content (AvgIpc) is 2.40. The highest BCUT2D eigenvalue weighted by Crippen LogP contribution is 2.32. The predicted molar refractivity (Wildman–Crippen MR) is 66.1 cm³/mol. The third-order valence-corrected chi connectivity index (χ3v) is 2.68. The van der Waals surface area contributed by atoms with Crippen LogP contribution in [0.3, 0.4) is 0 Å². The standard InChI is InChI=1S/C13H13N2O/c1-15(14-16,12-8-4-2-5-9-12)13-10-6-3-7-11-13/h2-11H,1H3/q+1. The lowest BCUT2D eigenvalue weighted by Gasteiger charge is -2.22. The highest BCUT2D eigenvalue weighted by molar-refractivity contribution is 5.56. The summed E-state index contributed by atoms with van der Waals surface area (Å²) in [6, 6.07) is 19.0. The number of para-hydroxylation sites is 2. The first kappa shape index (κ1) is 10.5.